The van der Waals surface area contributed by atoms with E-state index in [1.807, 2.05) is 6.08 Å². The van der Waals surface area contributed by atoms with Crippen molar-refractivity contribution in [2.45, 2.75) is 38.5 Å². The highest BCUT2D eigenvalue weighted by Gasteiger charge is 2.30. The van der Waals surface area contributed by atoms with E-state index in [9.17, 15) is 9.59 Å². The minimum absolute atomic E-state index is 0.148. The second-order valence-corrected chi connectivity index (χ2v) is 7.62. The van der Waals surface area contributed by atoms with Crippen LogP contribution in [-0.4, -0.2) is 24.0 Å². The van der Waals surface area contributed by atoms with E-state index in [1.165, 1.54) is 31.2 Å². The summed E-state index contributed by atoms with van der Waals surface area (Å²) in [5.74, 6) is -0.572. The molecule has 2 N–H and O–H groups in total. The number of aromatic amines is 1. The van der Waals surface area contributed by atoms with Crippen molar-refractivity contribution in [3.8, 4) is 0 Å². The molecule has 4 rings (SSSR count). The molecule has 0 spiro atoms. The third-order valence-electron chi connectivity index (χ3n) is 5.40. The molecule has 1 aliphatic heterocycles. The quantitative estimate of drug-likeness (QED) is 0.637. The van der Waals surface area contributed by atoms with E-state index in [0.717, 1.165) is 17.7 Å². The molecule has 0 radical (unpaired) electrons. The number of carbonyl (C=O) groups is 2. The van der Waals surface area contributed by atoms with E-state index < -0.39 is 5.97 Å². The van der Waals surface area contributed by atoms with Gasteiger partial charge in [0.25, 0.3) is 5.91 Å². The van der Waals surface area contributed by atoms with Gasteiger partial charge in [-0.25, -0.2) is 4.79 Å². The van der Waals surface area contributed by atoms with Crippen LogP contribution in [0.15, 0.2) is 24.3 Å². The van der Waals surface area contributed by atoms with Crippen molar-refractivity contribution < 1.29 is 14.3 Å². The zero-order chi connectivity index (χ0) is 18.5. The number of hydrogen-bond donors (Lipinski definition) is 2. The van der Waals surface area contributed by atoms with E-state index in [0.29, 0.717) is 16.8 Å². The van der Waals surface area contributed by atoms with Crippen LogP contribution in [0.5, 0.6) is 0 Å². The van der Waals surface area contributed by atoms with Gasteiger partial charge in [0.1, 0.15) is 0 Å². The molecular weight excluding hydrogens is 328 g/mol. The van der Waals surface area contributed by atoms with Gasteiger partial charge in [-0.15, -0.1) is 0 Å². The van der Waals surface area contributed by atoms with E-state index in [2.05, 4.69) is 30.2 Å². The molecule has 1 aliphatic carbocycles. The van der Waals surface area contributed by atoms with E-state index in [4.69, 9.17) is 4.74 Å². The van der Waals surface area contributed by atoms with Crippen molar-refractivity contribution in [3.05, 3.63) is 52.3 Å². The predicted molar refractivity (Wildman–Crippen MR) is 101 cm³/mol. The summed E-state index contributed by atoms with van der Waals surface area (Å²) in [6, 6.07) is 7.25. The Kier molecular flexibility index (Phi) is 3.75. The number of anilines is 1. The molecule has 0 saturated heterocycles. The van der Waals surface area contributed by atoms with Gasteiger partial charge in [-0.2, -0.15) is 0 Å². The highest BCUT2D eigenvalue weighted by molar-refractivity contribution is 6.35. The number of H-pyrrole nitrogens is 1. The fourth-order valence-corrected chi connectivity index (χ4v) is 3.97. The number of aromatic nitrogens is 1. The third-order valence-corrected chi connectivity index (χ3v) is 5.40. The fourth-order valence-electron chi connectivity index (χ4n) is 3.97. The number of carbonyl (C=O) groups excluding carboxylic acids is 2. The summed E-state index contributed by atoms with van der Waals surface area (Å²) in [6.07, 6.45) is 5.25. The van der Waals surface area contributed by atoms with Crippen molar-refractivity contribution in [3.63, 3.8) is 0 Å². The fraction of sp³-hybridized carbons (Fsp3) is 0.333. The molecule has 134 valence electrons. The Morgan fingerprint density at radius 3 is 2.81 bits per heavy atom. The average Bonchev–Trinajstić information content (AvgIpc) is 3.16. The van der Waals surface area contributed by atoms with Gasteiger partial charge in [0.05, 0.1) is 18.2 Å². The van der Waals surface area contributed by atoms with Crippen LogP contribution in [0.3, 0.4) is 0 Å². The van der Waals surface area contributed by atoms with Gasteiger partial charge in [0.15, 0.2) is 0 Å². The molecule has 2 heterocycles. The second kappa shape index (κ2) is 5.87. The number of esters is 1. The molecule has 0 fully saturated rings. The van der Waals surface area contributed by atoms with Crippen LogP contribution in [0.25, 0.3) is 11.6 Å². The van der Waals surface area contributed by atoms with Crippen LogP contribution in [0.1, 0.15) is 59.6 Å². The summed E-state index contributed by atoms with van der Waals surface area (Å²) in [7, 11) is 1.35. The van der Waals surface area contributed by atoms with Crippen molar-refractivity contribution in [2.75, 3.05) is 12.4 Å². The minimum atomic E-state index is -0.413. The Bertz CT molecular complexity index is 950. The summed E-state index contributed by atoms with van der Waals surface area (Å²) >= 11 is 0. The number of benzene rings is 1. The molecule has 0 bridgehead atoms. The Balaban J connectivity index is 1.77. The molecule has 5 nitrogen and oxygen atoms in total. The van der Waals surface area contributed by atoms with Crippen LogP contribution in [-0.2, 0) is 21.4 Å². The maximum atomic E-state index is 12.4. The Morgan fingerprint density at radius 2 is 2.08 bits per heavy atom. The Morgan fingerprint density at radius 1 is 1.27 bits per heavy atom. The lowest BCUT2D eigenvalue weighted by atomic mass is 9.75. The molecular formula is C21H22N2O3. The first-order valence-electron chi connectivity index (χ1n) is 8.87. The highest BCUT2D eigenvalue weighted by atomic mass is 16.5. The average molecular weight is 350 g/mol. The third kappa shape index (κ3) is 2.64. The molecule has 26 heavy (non-hydrogen) atoms. The first-order chi connectivity index (χ1) is 12.4. The summed E-state index contributed by atoms with van der Waals surface area (Å²) in [4.78, 5) is 27.7. The number of nitrogens with one attached hydrogen (secondary N) is 2. The number of fused-ring (bicyclic) bond motifs is 2. The molecule has 0 atom stereocenters. The van der Waals surface area contributed by atoms with Crippen LogP contribution in [0, 0.1) is 0 Å². The number of methoxy groups -OCH3 is 1. The molecule has 1 amide bonds. The zero-order valence-corrected chi connectivity index (χ0v) is 15.2. The molecule has 0 saturated carbocycles. The molecule has 2 aromatic rings. The molecule has 2 aliphatic rings. The summed E-state index contributed by atoms with van der Waals surface area (Å²) < 4.78 is 4.78. The van der Waals surface area contributed by atoms with Crippen molar-refractivity contribution >= 4 is 29.2 Å². The van der Waals surface area contributed by atoms with Crippen LogP contribution in [0.4, 0.5) is 5.69 Å². The van der Waals surface area contributed by atoms with Crippen LogP contribution >= 0.6 is 0 Å². The minimum Gasteiger partial charge on any atom is -0.465 e. The first kappa shape index (κ1) is 16.6. The molecule has 1 aromatic heterocycles. The van der Waals surface area contributed by atoms with Gasteiger partial charge in [0.2, 0.25) is 0 Å². The second-order valence-electron chi connectivity index (χ2n) is 7.62. The van der Waals surface area contributed by atoms with Crippen molar-refractivity contribution in [1.82, 2.24) is 4.98 Å². The van der Waals surface area contributed by atoms with Gasteiger partial charge in [-0.3, -0.25) is 4.79 Å². The topological polar surface area (TPSA) is 71.2 Å². The van der Waals surface area contributed by atoms with E-state index >= 15 is 0 Å². The predicted octanol–water partition coefficient (Wildman–Crippen LogP) is 3.91. The normalized spacial score (nSPS) is 19.0. The largest absolute Gasteiger partial charge is 0.465 e. The smallest absolute Gasteiger partial charge is 0.337 e. The maximum Gasteiger partial charge on any atom is 0.337 e. The number of ether oxygens (including phenoxy) is 1. The Hall–Kier alpha value is -2.82. The molecule has 0 unspecified atom stereocenters. The van der Waals surface area contributed by atoms with E-state index in [1.54, 1.807) is 18.2 Å². The Labute approximate surface area is 152 Å². The monoisotopic (exact) mass is 350 g/mol. The zero-order valence-electron chi connectivity index (χ0n) is 15.2. The lowest BCUT2D eigenvalue weighted by Crippen LogP contribution is -2.22. The molecule has 5 heteroatoms. The van der Waals surface area contributed by atoms with Gasteiger partial charge in [-0.1, -0.05) is 13.8 Å². The standard InChI is InChI=1S/C21H22N2O3/c1-21(2)8-4-5-18-16(21)11-13(22-18)10-15-14-9-12(20(25)26-3)6-7-17(14)23-19(15)24/h6-7,9-11,22H,4-5,8H2,1-3H3,(H,23,24). The SMILES string of the molecule is COC(=O)c1ccc2c(c1)C(=Cc1cc3c([nH]1)CCCC3(C)C)C(=O)N2. The van der Waals surface area contributed by atoms with E-state index in [-0.39, 0.29) is 11.3 Å². The van der Waals surface area contributed by atoms with Gasteiger partial charge in [0, 0.05) is 22.6 Å². The molecule has 1 aromatic carbocycles. The highest BCUT2D eigenvalue weighted by Crippen LogP contribution is 2.39. The van der Waals surface area contributed by atoms with Crippen molar-refractivity contribution in [1.29, 1.82) is 0 Å². The van der Waals surface area contributed by atoms with Gasteiger partial charge in [-0.05, 0) is 60.6 Å². The summed E-state index contributed by atoms with van der Waals surface area (Å²) in [5.41, 5.74) is 6.09. The van der Waals surface area contributed by atoms with Gasteiger partial charge < -0.3 is 15.0 Å². The number of rotatable bonds is 2. The van der Waals surface area contributed by atoms with Gasteiger partial charge >= 0.3 is 5.97 Å². The lowest BCUT2D eigenvalue weighted by molar-refractivity contribution is -0.110. The lowest BCUT2D eigenvalue weighted by Gasteiger charge is -2.29. The summed E-state index contributed by atoms with van der Waals surface area (Å²) in [5, 5.41) is 2.86. The maximum absolute atomic E-state index is 12.4. The van der Waals surface area contributed by atoms with Crippen LogP contribution < -0.4 is 5.32 Å². The first-order valence-corrected chi connectivity index (χ1v) is 8.87. The van der Waals surface area contributed by atoms with Crippen LogP contribution in [0.2, 0.25) is 0 Å². The number of hydrogen-bond acceptors (Lipinski definition) is 3. The summed E-state index contributed by atoms with van der Waals surface area (Å²) in [6.45, 7) is 4.52. The number of aryl methyl sites for hydroxylation is 1. The number of amides is 1. The van der Waals surface area contributed by atoms with Crippen molar-refractivity contribution in [2.24, 2.45) is 0 Å².